The van der Waals surface area contributed by atoms with E-state index in [0.717, 1.165) is 30.4 Å². The molecule has 0 aliphatic heterocycles. The number of aliphatic hydroxyl groups excluding tert-OH is 1. The minimum Gasteiger partial charge on any atom is -0.394 e. The molecular weight excluding hydrogens is 181 g/mol. The van der Waals surface area contributed by atoms with Crippen molar-refractivity contribution in [2.75, 3.05) is 6.61 Å². The van der Waals surface area contributed by atoms with Crippen LogP contribution >= 0.6 is 0 Å². The third-order valence-electron chi connectivity index (χ3n) is 2.95. The second-order valence-corrected chi connectivity index (χ2v) is 3.97. The molecule has 3 N–H and O–H groups in total. The number of aliphatic hydroxyl groups is 1. The Labute approximate surface area is 82.5 Å². The predicted octanol–water partition coefficient (Wildman–Crippen LogP) is 1.31. The van der Waals surface area contributed by atoms with Crippen LogP contribution in [-0.4, -0.2) is 11.7 Å². The molecule has 1 aromatic rings. The van der Waals surface area contributed by atoms with E-state index < -0.39 is 5.54 Å². The molecule has 0 saturated carbocycles. The van der Waals surface area contributed by atoms with Gasteiger partial charge >= 0.3 is 0 Å². The van der Waals surface area contributed by atoms with Gasteiger partial charge < -0.3 is 10.8 Å². The summed E-state index contributed by atoms with van der Waals surface area (Å²) in [6.45, 7) is -0.0777. The monoisotopic (exact) mass is 195 g/mol. The van der Waals surface area contributed by atoms with Gasteiger partial charge in [0.2, 0.25) is 0 Å². The zero-order chi connectivity index (χ0) is 10.2. The molecule has 1 atom stereocenters. The SMILES string of the molecule is N[C@@]1(CO)CCCc2cc(F)ccc21. The topological polar surface area (TPSA) is 46.2 Å². The lowest BCUT2D eigenvalue weighted by Gasteiger charge is -2.34. The molecule has 0 saturated heterocycles. The van der Waals surface area contributed by atoms with Crippen LogP contribution in [0, 0.1) is 5.82 Å². The summed E-state index contributed by atoms with van der Waals surface area (Å²) in [6, 6.07) is 4.62. The Hall–Kier alpha value is -0.930. The van der Waals surface area contributed by atoms with Crippen LogP contribution in [-0.2, 0) is 12.0 Å². The first-order valence-corrected chi connectivity index (χ1v) is 4.84. The van der Waals surface area contributed by atoms with Crippen LogP contribution in [0.15, 0.2) is 18.2 Å². The Bertz CT molecular complexity index is 353. The molecule has 0 radical (unpaired) electrons. The third kappa shape index (κ3) is 1.42. The van der Waals surface area contributed by atoms with E-state index in [4.69, 9.17) is 5.73 Å². The Kier molecular flexibility index (Phi) is 2.29. The summed E-state index contributed by atoms with van der Waals surface area (Å²) in [5.41, 5.74) is 7.22. The number of benzene rings is 1. The Morgan fingerprint density at radius 2 is 2.29 bits per heavy atom. The number of hydrogen-bond donors (Lipinski definition) is 2. The molecule has 0 amide bonds. The minimum absolute atomic E-state index is 0.0777. The van der Waals surface area contributed by atoms with E-state index in [0.29, 0.717) is 0 Å². The highest BCUT2D eigenvalue weighted by molar-refractivity contribution is 5.36. The molecular formula is C11H14FNO. The molecule has 1 aliphatic carbocycles. The van der Waals surface area contributed by atoms with Gasteiger partial charge in [0.15, 0.2) is 0 Å². The molecule has 0 spiro atoms. The van der Waals surface area contributed by atoms with Crippen LogP contribution in [0.3, 0.4) is 0 Å². The highest BCUT2D eigenvalue weighted by atomic mass is 19.1. The van der Waals surface area contributed by atoms with Crippen LogP contribution in [0.1, 0.15) is 24.0 Å². The van der Waals surface area contributed by atoms with Crippen molar-refractivity contribution in [1.29, 1.82) is 0 Å². The fraction of sp³-hybridized carbons (Fsp3) is 0.455. The number of fused-ring (bicyclic) bond motifs is 1. The number of rotatable bonds is 1. The maximum Gasteiger partial charge on any atom is 0.123 e. The van der Waals surface area contributed by atoms with Gasteiger partial charge in [0.05, 0.1) is 12.1 Å². The third-order valence-corrected chi connectivity index (χ3v) is 2.95. The smallest absolute Gasteiger partial charge is 0.123 e. The zero-order valence-corrected chi connectivity index (χ0v) is 7.96. The number of nitrogens with two attached hydrogens (primary N) is 1. The van der Waals surface area contributed by atoms with Gasteiger partial charge in [-0.1, -0.05) is 6.07 Å². The maximum absolute atomic E-state index is 12.9. The van der Waals surface area contributed by atoms with E-state index in [1.807, 2.05) is 0 Å². The maximum atomic E-state index is 12.9. The van der Waals surface area contributed by atoms with Gasteiger partial charge in [0, 0.05) is 0 Å². The summed E-state index contributed by atoms with van der Waals surface area (Å²) in [4.78, 5) is 0. The summed E-state index contributed by atoms with van der Waals surface area (Å²) >= 11 is 0. The quantitative estimate of drug-likeness (QED) is 0.709. The minimum atomic E-state index is -0.665. The summed E-state index contributed by atoms with van der Waals surface area (Å²) < 4.78 is 12.9. The fourth-order valence-corrected chi connectivity index (χ4v) is 2.15. The van der Waals surface area contributed by atoms with Crippen LogP contribution < -0.4 is 5.73 Å². The van der Waals surface area contributed by atoms with Crippen molar-refractivity contribution >= 4 is 0 Å². The summed E-state index contributed by atoms with van der Waals surface area (Å²) in [7, 11) is 0. The molecule has 0 bridgehead atoms. The van der Waals surface area contributed by atoms with Gasteiger partial charge in [0.25, 0.3) is 0 Å². The first-order chi connectivity index (χ1) is 6.65. The largest absolute Gasteiger partial charge is 0.394 e. The van der Waals surface area contributed by atoms with E-state index in [1.54, 1.807) is 6.07 Å². The molecule has 0 aromatic heterocycles. The van der Waals surface area contributed by atoms with Gasteiger partial charge in [-0.15, -0.1) is 0 Å². The molecule has 0 heterocycles. The molecule has 0 unspecified atom stereocenters. The van der Waals surface area contributed by atoms with Gasteiger partial charge in [-0.3, -0.25) is 0 Å². The van der Waals surface area contributed by atoms with Crippen LogP contribution in [0.5, 0.6) is 0 Å². The van der Waals surface area contributed by atoms with Gasteiger partial charge in [-0.05, 0) is 42.5 Å². The average molecular weight is 195 g/mol. The molecule has 0 fully saturated rings. The predicted molar refractivity (Wildman–Crippen MR) is 52.3 cm³/mol. The molecule has 76 valence electrons. The molecule has 14 heavy (non-hydrogen) atoms. The van der Waals surface area contributed by atoms with E-state index in [1.165, 1.54) is 12.1 Å². The number of aryl methyl sites for hydroxylation is 1. The standard InChI is InChI=1S/C11H14FNO/c12-9-3-4-10-8(6-9)2-1-5-11(10,13)7-14/h3-4,6,14H,1-2,5,7,13H2/t11-/m1/s1. The van der Waals surface area contributed by atoms with Crippen molar-refractivity contribution in [3.05, 3.63) is 35.1 Å². The van der Waals surface area contributed by atoms with Crippen molar-refractivity contribution in [3.63, 3.8) is 0 Å². The molecule has 3 heteroatoms. The van der Waals surface area contributed by atoms with E-state index in [2.05, 4.69) is 0 Å². The zero-order valence-electron chi connectivity index (χ0n) is 7.96. The first-order valence-electron chi connectivity index (χ1n) is 4.84. The highest BCUT2D eigenvalue weighted by Crippen LogP contribution is 2.33. The summed E-state index contributed by atoms with van der Waals surface area (Å²) in [5, 5.41) is 9.25. The summed E-state index contributed by atoms with van der Waals surface area (Å²) in [6.07, 6.45) is 2.53. The molecule has 2 nitrogen and oxygen atoms in total. The normalized spacial score (nSPS) is 25.9. The van der Waals surface area contributed by atoms with Gasteiger partial charge in [0.1, 0.15) is 5.82 Å². The Morgan fingerprint density at radius 1 is 1.50 bits per heavy atom. The fourth-order valence-electron chi connectivity index (χ4n) is 2.15. The van der Waals surface area contributed by atoms with Gasteiger partial charge in [-0.25, -0.2) is 4.39 Å². The highest BCUT2D eigenvalue weighted by Gasteiger charge is 2.31. The van der Waals surface area contributed by atoms with Crippen molar-refractivity contribution in [2.45, 2.75) is 24.8 Å². The van der Waals surface area contributed by atoms with Crippen molar-refractivity contribution < 1.29 is 9.50 Å². The lowest BCUT2D eigenvalue weighted by Crippen LogP contribution is -2.43. The lowest BCUT2D eigenvalue weighted by atomic mass is 9.78. The Morgan fingerprint density at radius 3 is 3.00 bits per heavy atom. The number of halogens is 1. The summed E-state index contributed by atoms with van der Waals surface area (Å²) in [5.74, 6) is -0.231. The number of hydrogen-bond acceptors (Lipinski definition) is 2. The first kappa shape index (κ1) is 9.62. The average Bonchev–Trinajstić information content (AvgIpc) is 2.18. The second-order valence-electron chi connectivity index (χ2n) is 3.97. The van der Waals surface area contributed by atoms with E-state index in [9.17, 15) is 9.50 Å². The molecule has 2 rings (SSSR count). The Balaban J connectivity index is 2.50. The molecule has 1 aromatic carbocycles. The van der Waals surface area contributed by atoms with E-state index >= 15 is 0 Å². The van der Waals surface area contributed by atoms with Crippen molar-refractivity contribution in [1.82, 2.24) is 0 Å². The van der Waals surface area contributed by atoms with Crippen molar-refractivity contribution in [3.8, 4) is 0 Å². The van der Waals surface area contributed by atoms with Crippen molar-refractivity contribution in [2.24, 2.45) is 5.73 Å². The van der Waals surface area contributed by atoms with E-state index in [-0.39, 0.29) is 12.4 Å². The molecule has 1 aliphatic rings. The van der Waals surface area contributed by atoms with Gasteiger partial charge in [-0.2, -0.15) is 0 Å². The van der Waals surface area contributed by atoms with Crippen LogP contribution in [0.2, 0.25) is 0 Å². The second kappa shape index (κ2) is 3.33. The van der Waals surface area contributed by atoms with Crippen LogP contribution in [0.4, 0.5) is 4.39 Å². The van der Waals surface area contributed by atoms with Crippen LogP contribution in [0.25, 0.3) is 0 Å². The lowest BCUT2D eigenvalue weighted by molar-refractivity contribution is 0.178.